The Kier molecular flexibility index (Phi) is 5.56. The summed E-state index contributed by atoms with van der Waals surface area (Å²) in [4.78, 5) is 3.31. The molecule has 0 saturated heterocycles. The molecule has 0 unspecified atom stereocenters. The van der Waals surface area contributed by atoms with E-state index in [1.165, 1.54) is 4.88 Å². The van der Waals surface area contributed by atoms with Crippen LogP contribution in [0.3, 0.4) is 0 Å². The highest BCUT2D eigenvalue weighted by Gasteiger charge is 2.08. The van der Waals surface area contributed by atoms with Gasteiger partial charge in [-0.3, -0.25) is 0 Å². The van der Waals surface area contributed by atoms with Gasteiger partial charge in [0.25, 0.3) is 0 Å². The predicted molar refractivity (Wildman–Crippen MR) is 85.1 cm³/mol. The van der Waals surface area contributed by atoms with Crippen LogP contribution < -0.4 is 10.2 Å². The number of hydrogen-bond donors (Lipinski definition) is 1. The van der Waals surface area contributed by atoms with Crippen LogP contribution in [0.15, 0.2) is 35.7 Å². The van der Waals surface area contributed by atoms with E-state index in [2.05, 4.69) is 22.8 Å². The molecule has 0 bridgehead atoms. The second-order valence-corrected chi connectivity index (χ2v) is 5.85. The van der Waals surface area contributed by atoms with Crippen LogP contribution in [0.1, 0.15) is 17.4 Å². The highest BCUT2D eigenvalue weighted by atomic mass is 32.1. The van der Waals surface area contributed by atoms with Crippen molar-refractivity contribution in [3.63, 3.8) is 0 Å². The topological polar surface area (TPSA) is 15.3 Å². The molecule has 1 N–H and O–H groups in total. The summed E-state index contributed by atoms with van der Waals surface area (Å²) in [7, 11) is 1.94. The van der Waals surface area contributed by atoms with Gasteiger partial charge in [0.15, 0.2) is 0 Å². The molecule has 2 rings (SSSR count). The molecule has 20 heavy (non-hydrogen) atoms. The molecule has 1 aromatic heterocycles. The average Bonchev–Trinajstić information content (AvgIpc) is 2.96. The third-order valence-electron chi connectivity index (χ3n) is 3.28. The number of likely N-dealkylation sites (N-methyl/N-ethyl adjacent to an activating group) is 1. The van der Waals surface area contributed by atoms with E-state index in [9.17, 15) is 4.39 Å². The molecule has 0 spiro atoms. The van der Waals surface area contributed by atoms with Gasteiger partial charge >= 0.3 is 0 Å². The van der Waals surface area contributed by atoms with Gasteiger partial charge in [-0.2, -0.15) is 0 Å². The van der Waals surface area contributed by atoms with Gasteiger partial charge in [0.05, 0.1) is 5.69 Å². The van der Waals surface area contributed by atoms with Crippen molar-refractivity contribution < 1.29 is 4.39 Å². The lowest BCUT2D eigenvalue weighted by Crippen LogP contribution is -2.21. The van der Waals surface area contributed by atoms with Gasteiger partial charge in [-0.1, -0.05) is 19.1 Å². The fourth-order valence-corrected chi connectivity index (χ4v) is 2.79. The standard InChI is InChI=1S/C16H21FN2S/c1-3-18-12-13-6-7-16(15(17)11-13)19(2)9-8-14-5-4-10-20-14/h4-7,10-11,18H,3,8-9,12H2,1-2H3. The van der Waals surface area contributed by atoms with Gasteiger partial charge in [-0.05, 0) is 42.1 Å². The van der Waals surface area contributed by atoms with Gasteiger partial charge in [0.1, 0.15) is 5.82 Å². The highest BCUT2D eigenvalue weighted by molar-refractivity contribution is 7.09. The van der Waals surface area contributed by atoms with E-state index in [1.807, 2.05) is 31.0 Å². The summed E-state index contributed by atoms with van der Waals surface area (Å²) in [6.07, 6.45) is 0.951. The molecule has 1 heterocycles. The number of thiophene rings is 1. The van der Waals surface area contributed by atoms with Crippen molar-refractivity contribution in [1.29, 1.82) is 0 Å². The lowest BCUT2D eigenvalue weighted by Gasteiger charge is -2.20. The largest absolute Gasteiger partial charge is 0.372 e. The van der Waals surface area contributed by atoms with E-state index in [1.54, 1.807) is 17.4 Å². The van der Waals surface area contributed by atoms with E-state index in [0.717, 1.165) is 25.1 Å². The Bertz CT molecular complexity index is 525. The van der Waals surface area contributed by atoms with Crippen LogP contribution >= 0.6 is 11.3 Å². The van der Waals surface area contributed by atoms with E-state index in [0.29, 0.717) is 12.2 Å². The second-order valence-electron chi connectivity index (χ2n) is 4.82. The molecule has 0 aliphatic carbocycles. The normalized spacial score (nSPS) is 10.8. The minimum atomic E-state index is -0.144. The van der Waals surface area contributed by atoms with Crippen LogP contribution in [-0.4, -0.2) is 20.1 Å². The van der Waals surface area contributed by atoms with Gasteiger partial charge in [-0.25, -0.2) is 4.39 Å². The number of nitrogens with zero attached hydrogens (tertiary/aromatic N) is 1. The first-order valence-electron chi connectivity index (χ1n) is 6.93. The zero-order valence-electron chi connectivity index (χ0n) is 12.0. The zero-order valence-corrected chi connectivity index (χ0v) is 12.8. The van der Waals surface area contributed by atoms with Crippen molar-refractivity contribution in [2.75, 3.05) is 25.0 Å². The Morgan fingerprint density at radius 1 is 1.30 bits per heavy atom. The molecule has 0 radical (unpaired) electrons. The van der Waals surface area contributed by atoms with Crippen LogP contribution in [0.2, 0.25) is 0 Å². The predicted octanol–water partition coefficient (Wildman–Crippen LogP) is 3.68. The van der Waals surface area contributed by atoms with Gasteiger partial charge in [0.2, 0.25) is 0 Å². The Labute approximate surface area is 124 Å². The summed E-state index contributed by atoms with van der Waals surface area (Å²) < 4.78 is 14.1. The van der Waals surface area contributed by atoms with Crippen molar-refractivity contribution in [1.82, 2.24) is 5.32 Å². The van der Waals surface area contributed by atoms with Crippen LogP contribution in [0.4, 0.5) is 10.1 Å². The van der Waals surface area contributed by atoms with Crippen LogP contribution in [0.5, 0.6) is 0 Å². The first kappa shape index (κ1) is 15.0. The van der Waals surface area contributed by atoms with Crippen molar-refractivity contribution in [3.8, 4) is 0 Å². The smallest absolute Gasteiger partial charge is 0.146 e. The maximum atomic E-state index is 14.1. The van der Waals surface area contributed by atoms with Gasteiger partial charge < -0.3 is 10.2 Å². The first-order valence-corrected chi connectivity index (χ1v) is 7.81. The van der Waals surface area contributed by atoms with Crippen molar-refractivity contribution in [2.45, 2.75) is 19.9 Å². The second kappa shape index (κ2) is 7.41. The van der Waals surface area contributed by atoms with Crippen LogP contribution in [0, 0.1) is 5.82 Å². The fourth-order valence-electron chi connectivity index (χ4n) is 2.09. The summed E-state index contributed by atoms with van der Waals surface area (Å²) in [6, 6.07) is 9.66. The summed E-state index contributed by atoms with van der Waals surface area (Å²) in [5, 5.41) is 5.28. The summed E-state index contributed by atoms with van der Waals surface area (Å²) in [5.41, 5.74) is 1.65. The summed E-state index contributed by atoms with van der Waals surface area (Å²) in [5.74, 6) is -0.144. The molecule has 0 saturated carbocycles. The number of anilines is 1. The molecule has 2 aromatic rings. The third kappa shape index (κ3) is 4.05. The molecule has 0 aliphatic rings. The Morgan fingerprint density at radius 2 is 2.15 bits per heavy atom. The number of benzene rings is 1. The molecular weight excluding hydrogens is 271 g/mol. The van der Waals surface area contributed by atoms with E-state index in [4.69, 9.17) is 0 Å². The van der Waals surface area contributed by atoms with Crippen molar-refractivity contribution in [3.05, 3.63) is 52.0 Å². The minimum Gasteiger partial charge on any atom is -0.372 e. The maximum Gasteiger partial charge on any atom is 0.146 e. The molecule has 4 heteroatoms. The van der Waals surface area contributed by atoms with E-state index >= 15 is 0 Å². The first-order chi connectivity index (χ1) is 9.70. The highest BCUT2D eigenvalue weighted by Crippen LogP contribution is 2.20. The van der Waals surface area contributed by atoms with Gasteiger partial charge in [0, 0.05) is 25.0 Å². The monoisotopic (exact) mass is 292 g/mol. The molecule has 0 fully saturated rings. The van der Waals surface area contributed by atoms with Crippen LogP contribution in [0.25, 0.3) is 0 Å². The average molecular weight is 292 g/mol. The Hall–Kier alpha value is -1.39. The molecule has 0 atom stereocenters. The maximum absolute atomic E-state index is 14.1. The molecular formula is C16H21FN2S. The van der Waals surface area contributed by atoms with Crippen molar-refractivity contribution in [2.24, 2.45) is 0 Å². The molecule has 2 nitrogen and oxygen atoms in total. The SMILES string of the molecule is CCNCc1ccc(N(C)CCc2cccs2)c(F)c1. The fraction of sp³-hybridized carbons (Fsp3) is 0.375. The Morgan fingerprint density at radius 3 is 2.80 bits per heavy atom. The lowest BCUT2D eigenvalue weighted by atomic mass is 10.1. The molecule has 0 amide bonds. The molecule has 108 valence electrons. The molecule has 0 aliphatic heterocycles. The van der Waals surface area contributed by atoms with Crippen LogP contribution in [-0.2, 0) is 13.0 Å². The van der Waals surface area contributed by atoms with E-state index < -0.39 is 0 Å². The van der Waals surface area contributed by atoms with Gasteiger partial charge in [-0.15, -0.1) is 11.3 Å². The number of nitrogens with one attached hydrogen (secondary N) is 1. The zero-order chi connectivity index (χ0) is 14.4. The lowest BCUT2D eigenvalue weighted by molar-refractivity contribution is 0.617. The minimum absolute atomic E-state index is 0.144. The third-order valence-corrected chi connectivity index (χ3v) is 4.21. The Balaban J connectivity index is 1.96. The number of halogens is 1. The van der Waals surface area contributed by atoms with E-state index in [-0.39, 0.29) is 5.82 Å². The summed E-state index contributed by atoms with van der Waals surface area (Å²) in [6.45, 7) is 4.48. The quantitative estimate of drug-likeness (QED) is 0.837. The van der Waals surface area contributed by atoms with Crippen molar-refractivity contribution >= 4 is 17.0 Å². The number of hydrogen-bond acceptors (Lipinski definition) is 3. The number of rotatable bonds is 7. The summed E-state index contributed by atoms with van der Waals surface area (Å²) >= 11 is 1.75. The molecule has 1 aromatic carbocycles.